The lowest BCUT2D eigenvalue weighted by Gasteiger charge is -2.15. The normalized spacial score (nSPS) is 10.1. The third-order valence-electron chi connectivity index (χ3n) is 4.71. The molecule has 0 fully saturated rings. The van der Waals surface area contributed by atoms with E-state index in [1.54, 1.807) is 60.7 Å². The van der Waals surface area contributed by atoms with E-state index >= 15 is 0 Å². The summed E-state index contributed by atoms with van der Waals surface area (Å²) in [6.45, 7) is 0. The number of nitriles is 2. The molecule has 10 nitrogen and oxygen atoms in total. The van der Waals surface area contributed by atoms with Gasteiger partial charge in [-0.1, -0.05) is 18.2 Å². The van der Waals surface area contributed by atoms with Crippen molar-refractivity contribution < 1.29 is 37.5 Å². The first-order chi connectivity index (χ1) is 18.8. The minimum Gasteiger partial charge on any atom is -0.872 e. The molecule has 0 spiro atoms. The number of ether oxygens (including phenoxy) is 2. The standard InChI is InChI=1S/C20H17ClN2O6P.C7H5NO/c1-25-16-3-7-18(8-4-16)27-30(24,28-19-9-5-17(26-2)6-10-19)29-23-12-11-15(14-22)13-20(23)21;8-5-6-2-1-3-7(9)4-6/h3-13H,1-2H3;1-4,9H/q+1;/p-1. The molecule has 0 aliphatic rings. The molecule has 4 rings (SSSR count). The van der Waals surface area contributed by atoms with Crippen LogP contribution in [0.1, 0.15) is 11.1 Å². The molecule has 1 heterocycles. The Labute approximate surface area is 229 Å². The van der Waals surface area contributed by atoms with Gasteiger partial charge in [0.2, 0.25) is 6.20 Å². The molecule has 0 aliphatic carbocycles. The summed E-state index contributed by atoms with van der Waals surface area (Å²) in [6.07, 6.45) is 1.34. The predicted octanol–water partition coefficient (Wildman–Crippen LogP) is 4.84. The molecular weight excluding hydrogens is 545 g/mol. The van der Waals surface area contributed by atoms with E-state index < -0.39 is 7.82 Å². The topological polar surface area (TPSA) is 138 Å². The van der Waals surface area contributed by atoms with Crippen LogP contribution in [0.5, 0.6) is 28.7 Å². The van der Waals surface area contributed by atoms with Crippen LogP contribution in [0.15, 0.2) is 91.1 Å². The molecule has 0 unspecified atom stereocenters. The highest BCUT2D eigenvalue weighted by atomic mass is 35.5. The van der Waals surface area contributed by atoms with Crippen LogP contribution < -0.4 is 33.0 Å². The van der Waals surface area contributed by atoms with Crippen molar-refractivity contribution in [1.82, 2.24) is 0 Å². The fraction of sp³-hybridized carbons (Fsp3) is 0.0741. The second-order valence-corrected chi connectivity index (χ2v) is 9.19. The summed E-state index contributed by atoms with van der Waals surface area (Å²) in [5.41, 5.74) is 0.726. The molecule has 0 saturated heterocycles. The van der Waals surface area contributed by atoms with Crippen LogP contribution >= 0.6 is 19.4 Å². The van der Waals surface area contributed by atoms with Crippen molar-refractivity contribution in [2.24, 2.45) is 0 Å². The van der Waals surface area contributed by atoms with Gasteiger partial charge < -0.3 is 23.6 Å². The maximum Gasteiger partial charge on any atom is 0.700 e. The first-order valence-corrected chi connectivity index (χ1v) is 12.9. The lowest BCUT2D eigenvalue weighted by Crippen LogP contribution is -2.43. The highest BCUT2D eigenvalue weighted by Crippen LogP contribution is 2.46. The molecule has 39 heavy (non-hydrogen) atoms. The fourth-order valence-corrected chi connectivity index (χ4v) is 4.33. The van der Waals surface area contributed by atoms with E-state index in [0.29, 0.717) is 22.6 Å². The number of benzene rings is 3. The monoisotopic (exact) mass is 565 g/mol. The minimum atomic E-state index is -4.27. The number of nitrogens with zero attached hydrogens (tertiary/aromatic N) is 3. The zero-order valence-electron chi connectivity index (χ0n) is 20.7. The second-order valence-electron chi connectivity index (χ2n) is 7.38. The number of pyridine rings is 1. The van der Waals surface area contributed by atoms with E-state index in [9.17, 15) is 9.67 Å². The average molecular weight is 566 g/mol. The minimum absolute atomic E-state index is 0.00550. The van der Waals surface area contributed by atoms with Crippen molar-refractivity contribution in [3.05, 3.63) is 107 Å². The lowest BCUT2D eigenvalue weighted by molar-refractivity contribution is -0.858. The highest BCUT2D eigenvalue weighted by Gasteiger charge is 2.39. The van der Waals surface area contributed by atoms with Crippen LogP contribution in [-0.4, -0.2) is 14.2 Å². The predicted molar refractivity (Wildman–Crippen MR) is 138 cm³/mol. The average Bonchev–Trinajstić information content (AvgIpc) is 2.95. The number of methoxy groups -OCH3 is 2. The molecule has 198 valence electrons. The Morgan fingerprint density at radius 1 is 0.769 bits per heavy atom. The van der Waals surface area contributed by atoms with Gasteiger partial charge in [-0.05, 0) is 66.2 Å². The van der Waals surface area contributed by atoms with Gasteiger partial charge in [0.05, 0.1) is 37.5 Å². The van der Waals surface area contributed by atoms with Crippen molar-refractivity contribution in [2.75, 3.05) is 14.2 Å². The molecule has 0 N–H and O–H groups in total. The number of phosphoric ester groups is 1. The quantitative estimate of drug-likeness (QED) is 0.167. The zero-order chi connectivity index (χ0) is 28.3. The van der Waals surface area contributed by atoms with Gasteiger partial charge >= 0.3 is 13.0 Å². The van der Waals surface area contributed by atoms with Gasteiger partial charge in [0.15, 0.2) is 0 Å². The number of halogens is 1. The summed E-state index contributed by atoms with van der Waals surface area (Å²) in [6, 6.07) is 25.3. The van der Waals surface area contributed by atoms with E-state index in [4.69, 9.17) is 45.3 Å². The molecule has 0 radical (unpaired) electrons. The number of phosphoric acid groups is 1. The maximum atomic E-state index is 13.5. The van der Waals surface area contributed by atoms with Gasteiger partial charge in [0, 0.05) is 16.9 Å². The molecule has 0 bridgehead atoms. The van der Waals surface area contributed by atoms with E-state index in [0.717, 1.165) is 4.73 Å². The van der Waals surface area contributed by atoms with Gasteiger partial charge in [-0.3, -0.25) is 0 Å². The van der Waals surface area contributed by atoms with E-state index in [-0.39, 0.29) is 22.4 Å². The summed E-state index contributed by atoms with van der Waals surface area (Å²) < 4.78 is 41.3. The molecule has 0 atom stereocenters. The lowest BCUT2D eigenvalue weighted by atomic mass is 10.2. The maximum absolute atomic E-state index is 13.5. The molecule has 1 aromatic heterocycles. The van der Waals surface area contributed by atoms with Crippen molar-refractivity contribution in [1.29, 1.82) is 10.5 Å². The first kappa shape index (κ1) is 28.7. The van der Waals surface area contributed by atoms with Crippen molar-refractivity contribution in [2.45, 2.75) is 0 Å². The van der Waals surface area contributed by atoms with Crippen LogP contribution in [0.25, 0.3) is 0 Å². The van der Waals surface area contributed by atoms with Crippen molar-refractivity contribution in [3.8, 4) is 40.9 Å². The van der Waals surface area contributed by atoms with E-state index in [1.807, 2.05) is 12.1 Å². The summed E-state index contributed by atoms with van der Waals surface area (Å²) in [7, 11) is -1.21. The van der Waals surface area contributed by atoms with Crippen LogP contribution in [-0.2, 0) is 4.57 Å². The van der Waals surface area contributed by atoms with Crippen LogP contribution in [0, 0.1) is 22.7 Å². The van der Waals surface area contributed by atoms with Crippen molar-refractivity contribution in [3.63, 3.8) is 0 Å². The Morgan fingerprint density at radius 2 is 1.26 bits per heavy atom. The van der Waals surface area contributed by atoms with Gasteiger partial charge in [-0.15, -0.1) is 10.4 Å². The Morgan fingerprint density at radius 3 is 1.67 bits per heavy atom. The number of rotatable bonds is 8. The Bertz CT molecular complexity index is 1480. The molecule has 3 aromatic carbocycles. The fourth-order valence-electron chi connectivity index (χ4n) is 2.85. The number of hydrogen-bond donors (Lipinski definition) is 0. The third-order valence-corrected chi connectivity index (χ3v) is 6.23. The van der Waals surface area contributed by atoms with E-state index in [2.05, 4.69) is 0 Å². The molecule has 4 aromatic rings. The van der Waals surface area contributed by atoms with Gasteiger partial charge in [0.1, 0.15) is 23.0 Å². The van der Waals surface area contributed by atoms with Crippen LogP contribution in [0.3, 0.4) is 0 Å². The van der Waals surface area contributed by atoms with E-state index in [1.165, 1.54) is 44.7 Å². The Hall–Kier alpha value is -4.89. The third kappa shape index (κ3) is 8.58. The molecule has 0 aliphatic heterocycles. The summed E-state index contributed by atoms with van der Waals surface area (Å²) >= 11 is 6.12. The number of aromatic nitrogens is 1. The van der Waals surface area contributed by atoms with Crippen molar-refractivity contribution >= 4 is 19.4 Å². The SMILES string of the molecule is COc1ccc(OP(=O)(Oc2ccc(OC)cc2)O[n+]2ccc(C#N)cc2Cl)cc1.N#Cc1cccc([O-])c1. The van der Waals surface area contributed by atoms with Gasteiger partial charge in [-0.25, -0.2) is 0 Å². The Balaban J connectivity index is 0.000000395. The summed E-state index contributed by atoms with van der Waals surface area (Å²) in [5.74, 6) is 1.52. The van der Waals surface area contributed by atoms with Gasteiger partial charge in [0.25, 0.3) is 0 Å². The smallest absolute Gasteiger partial charge is 0.700 e. The molecule has 12 heteroatoms. The summed E-state index contributed by atoms with van der Waals surface area (Å²) in [5, 5.41) is 27.8. The van der Waals surface area contributed by atoms with Gasteiger partial charge in [-0.2, -0.15) is 15.1 Å². The highest BCUT2D eigenvalue weighted by molar-refractivity contribution is 7.49. The first-order valence-electron chi connectivity index (χ1n) is 11.0. The summed E-state index contributed by atoms with van der Waals surface area (Å²) in [4.78, 5) is 0. The number of hydrogen-bond acceptors (Lipinski definition) is 9. The van der Waals surface area contributed by atoms with Crippen LogP contribution in [0.2, 0.25) is 5.15 Å². The zero-order valence-corrected chi connectivity index (χ0v) is 22.3. The molecular formula is C27H21ClN3O7P. The van der Waals surface area contributed by atoms with Crippen LogP contribution in [0.4, 0.5) is 0 Å². The second kappa shape index (κ2) is 13.6. The largest absolute Gasteiger partial charge is 0.872 e. The Kier molecular flexibility index (Phi) is 10.00. The molecule has 0 saturated carbocycles. The molecule has 0 amide bonds.